The van der Waals surface area contributed by atoms with Crippen molar-refractivity contribution in [2.24, 2.45) is 5.10 Å². The molecule has 24 heavy (non-hydrogen) atoms. The number of para-hydroxylation sites is 1. The molecule has 1 heterocycles. The van der Waals surface area contributed by atoms with E-state index in [9.17, 15) is 9.59 Å². The summed E-state index contributed by atoms with van der Waals surface area (Å²) in [5.74, 6) is 0.290. The predicted molar refractivity (Wildman–Crippen MR) is 93.7 cm³/mol. The summed E-state index contributed by atoms with van der Waals surface area (Å²) in [5, 5.41) is 4.84. The van der Waals surface area contributed by atoms with Gasteiger partial charge in [0, 0.05) is 5.02 Å². The number of nitrogens with one attached hydrogen (secondary N) is 1. The first-order chi connectivity index (χ1) is 11.6. The zero-order valence-electron chi connectivity index (χ0n) is 12.7. The standard InChI is InChI=1S/C17H13ClN4O2/c1-11-20-15-5-3-2-4-14(15)16(23)22(11)17(24)21-19-10-12-6-8-13(18)9-7-12/h2-10H,1H3,(H,21,24)/b19-10+. The van der Waals surface area contributed by atoms with Crippen LogP contribution in [0.5, 0.6) is 0 Å². The molecule has 0 spiro atoms. The Morgan fingerprint density at radius 3 is 2.67 bits per heavy atom. The highest BCUT2D eigenvalue weighted by Gasteiger charge is 2.13. The van der Waals surface area contributed by atoms with Gasteiger partial charge in [0.2, 0.25) is 0 Å². The molecule has 0 unspecified atom stereocenters. The van der Waals surface area contributed by atoms with Crippen molar-refractivity contribution in [1.29, 1.82) is 0 Å². The van der Waals surface area contributed by atoms with Crippen molar-refractivity contribution in [2.45, 2.75) is 6.92 Å². The minimum atomic E-state index is -0.666. The molecule has 0 aliphatic carbocycles. The second kappa shape index (κ2) is 6.64. The highest BCUT2D eigenvalue weighted by molar-refractivity contribution is 6.30. The van der Waals surface area contributed by atoms with E-state index < -0.39 is 11.6 Å². The molecule has 3 aromatic rings. The van der Waals surface area contributed by atoms with Crippen molar-refractivity contribution < 1.29 is 4.79 Å². The molecule has 1 aromatic heterocycles. The largest absolute Gasteiger partial charge is 0.350 e. The van der Waals surface area contributed by atoms with E-state index in [1.54, 1.807) is 55.5 Å². The number of carbonyl (C=O) groups excluding carboxylic acids is 1. The first kappa shape index (κ1) is 15.9. The summed E-state index contributed by atoms with van der Waals surface area (Å²) in [6, 6.07) is 13.1. The van der Waals surface area contributed by atoms with Gasteiger partial charge in [0.15, 0.2) is 0 Å². The maximum absolute atomic E-state index is 12.5. The Bertz CT molecular complexity index is 994. The number of rotatable bonds is 2. The van der Waals surface area contributed by atoms with Crippen LogP contribution in [0.1, 0.15) is 11.4 Å². The number of carbonyl (C=O) groups is 1. The van der Waals surface area contributed by atoms with E-state index in [-0.39, 0.29) is 5.82 Å². The summed E-state index contributed by atoms with van der Waals surface area (Å²) >= 11 is 5.80. The van der Waals surface area contributed by atoms with Crippen molar-refractivity contribution in [2.75, 3.05) is 0 Å². The summed E-state index contributed by atoms with van der Waals surface area (Å²) in [6.07, 6.45) is 1.46. The molecule has 1 N–H and O–H groups in total. The average Bonchev–Trinajstić information content (AvgIpc) is 2.57. The van der Waals surface area contributed by atoms with Gasteiger partial charge >= 0.3 is 6.03 Å². The summed E-state index contributed by atoms with van der Waals surface area (Å²) in [7, 11) is 0. The quantitative estimate of drug-likeness (QED) is 0.575. The van der Waals surface area contributed by atoms with Gasteiger partial charge in [-0.1, -0.05) is 35.9 Å². The topological polar surface area (TPSA) is 76.3 Å². The van der Waals surface area contributed by atoms with Gasteiger partial charge in [0.05, 0.1) is 17.1 Å². The second-order valence-corrected chi connectivity index (χ2v) is 5.48. The lowest BCUT2D eigenvalue weighted by atomic mass is 10.2. The molecule has 0 aliphatic rings. The third-order valence-corrected chi connectivity index (χ3v) is 3.64. The highest BCUT2D eigenvalue weighted by atomic mass is 35.5. The number of aromatic nitrogens is 2. The smallest absolute Gasteiger partial charge is 0.268 e. The number of benzene rings is 2. The van der Waals surface area contributed by atoms with Crippen LogP contribution in [0.15, 0.2) is 58.4 Å². The molecule has 0 fully saturated rings. The van der Waals surface area contributed by atoms with E-state index in [2.05, 4.69) is 15.5 Å². The normalized spacial score (nSPS) is 11.1. The molecule has 0 bridgehead atoms. The molecule has 0 saturated heterocycles. The number of hydrogen-bond acceptors (Lipinski definition) is 4. The molecule has 7 heteroatoms. The molecule has 1 amide bonds. The number of hydrazone groups is 1. The minimum Gasteiger partial charge on any atom is -0.268 e. The van der Waals surface area contributed by atoms with Crippen LogP contribution < -0.4 is 11.0 Å². The highest BCUT2D eigenvalue weighted by Crippen LogP contribution is 2.08. The van der Waals surface area contributed by atoms with Crippen molar-refractivity contribution >= 4 is 34.7 Å². The van der Waals surface area contributed by atoms with E-state index in [0.29, 0.717) is 15.9 Å². The van der Waals surface area contributed by atoms with Gasteiger partial charge in [-0.2, -0.15) is 5.10 Å². The number of nitrogens with zero attached hydrogens (tertiary/aromatic N) is 3. The van der Waals surface area contributed by atoms with Crippen LogP contribution in [0, 0.1) is 6.92 Å². The first-order valence-electron chi connectivity index (χ1n) is 7.13. The van der Waals surface area contributed by atoms with E-state index in [4.69, 9.17) is 11.6 Å². The third kappa shape index (κ3) is 3.18. The number of aryl methyl sites for hydroxylation is 1. The van der Waals surface area contributed by atoms with Gasteiger partial charge in [0.25, 0.3) is 5.56 Å². The molecule has 0 aliphatic heterocycles. The lowest BCUT2D eigenvalue weighted by Crippen LogP contribution is -2.36. The number of hydrogen-bond donors (Lipinski definition) is 1. The summed E-state index contributed by atoms with van der Waals surface area (Å²) in [6.45, 7) is 1.59. The molecular weight excluding hydrogens is 328 g/mol. The lowest BCUT2D eigenvalue weighted by molar-refractivity contribution is 0.241. The molecule has 0 radical (unpaired) electrons. The molecule has 120 valence electrons. The molecule has 3 rings (SSSR count). The SMILES string of the molecule is Cc1nc2ccccc2c(=O)n1C(=O)N/N=C/c1ccc(Cl)cc1. The molecule has 6 nitrogen and oxygen atoms in total. The fourth-order valence-electron chi connectivity index (χ4n) is 2.24. The Kier molecular flexibility index (Phi) is 4.39. The number of halogens is 1. The van der Waals surface area contributed by atoms with Crippen molar-refractivity contribution in [3.8, 4) is 0 Å². The zero-order chi connectivity index (χ0) is 17.1. The second-order valence-electron chi connectivity index (χ2n) is 5.04. The van der Waals surface area contributed by atoms with Gasteiger partial charge in [-0.15, -0.1) is 0 Å². The predicted octanol–water partition coefficient (Wildman–Crippen LogP) is 2.95. The maximum atomic E-state index is 12.5. The van der Waals surface area contributed by atoms with Crippen molar-refractivity contribution in [1.82, 2.24) is 15.0 Å². The van der Waals surface area contributed by atoms with Gasteiger partial charge in [-0.25, -0.2) is 19.8 Å². The Hall–Kier alpha value is -2.99. The summed E-state index contributed by atoms with van der Waals surface area (Å²) in [5.41, 5.74) is 3.21. The van der Waals surface area contributed by atoms with Gasteiger partial charge in [-0.3, -0.25) is 4.79 Å². The van der Waals surface area contributed by atoms with E-state index >= 15 is 0 Å². The summed E-state index contributed by atoms with van der Waals surface area (Å²) < 4.78 is 0.960. The van der Waals surface area contributed by atoms with Crippen LogP contribution in [-0.4, -0.2) is 21.8 Å². The van der Waals surface area contributed by atoms with Crippen LogP contribution >= 0.6 is 11.6 Å². The summed E-state index contributed by atoms with van der Waals surface area (Å²) in [4.78, 5) is 29.0. The van der Waals surface area contributed by atoms with Crippen molar-refractivity contribution in [3.63, 3.8) is 0 Å². The van der Waals surface area contributed by atoms with Gasteiger partial charge in [0.1, 0.15) is 5.82 Å². The molecule has 0 atom stereocenters. The van der Waals surface area contributed by atoms with Crippen LogP contribution in [0.25, 0.3) is 10.9 Å². The van der Waals surface area contributed by atoms with Crippen molar-refractivity contribution in [3.05, 3.63) is 75.3 Å². The first-order valence-corrected chi connectivity index (χ1v) is 7.51. The van der Waals surface area contributed by atoms with Crippen LogP contribution in [0.2, 0.25) is 5.02 Å². The minimum absolute atomic E-state index is 0.290. The molecule has 2 aromatic carbocycles. The molecule has 0 saturated carbocycles. The average molecular weight is 341 g/mol. The van der Waals surface area contributed by atoms with E-state index in [1.807, 2.05) is 0 Å². The van der Waals surface area contributed by atoms with Gasteiger partial charge in [-0.05, 0) is 36.8 Å². The fourth-order valence-corrected chi connectivity index (χ4v) is 2.37. The van der Waals surface area contributed by atoms with E-state index in [1.165, 1.54) is 6.21 Å². The fraction of sp³-hybridized carbons (Fsp3) is 0.0588. The Morgan fingerprint density at radius 2 is 1.92 bits per heavy atom. The monoisotopic (exact) mass is 340 g/mol. The van der Waals surface area contributed by atoms with Crippen LogP contribution in [-0.2, 0) is 0 Å². The Labute approximate surface area is 142 Å². The number of fused-ring (bicyclic) bond motifs is 1. The van der Waals surface area contributed by atoms with E-state index in [0.717, 1.165) is 10.1 Å². The Balaban J connectivity index is 1.86. The van der Waals surface area contributed by atoms with Crippen LogP contribution in [0.4, 0.5) is 4.79 Å². The maximum Gasteiger partial charge on any atom is 0.350 e. The zero-order valence-corrected chi connectivity index (χ0v) is 13.5. The third-order valence-electron chi connectivity index (χ3n) is 3.39. The lowest BCUT2D eigenvalue weighted by Gasteiger charge is -2.08. The number of amides is 1. The Morgan fingerprint density at radius 1 is 1.21 bits per heavy atom. The van der Waals surface area contributed by atoms with Gasteiger partial charge < -0.3 is 0 Å². The van der Waals surface area contributed by atoms with Crippen LogP contribution in [0.3, 0.4) is 0 Å². The molecular formula is C17H13ClN4O2.